The molecule has 0 aliphatic heterocycles. The molecule has 0 aromatic heterocycles. The first kappa shape index (κ1) is 23.0. The fourth-order valence-electron chi connectivity index (χ4n) is 2.96. The third-order valence-electron chi connectivity index (χ3n) is 4.58. The molecule has 0 saturated carbocycles. The summed E-state index contributed by atoms with van der Waals surface area (Å²) in [5, 5.41) is 16.7. The van der Waals surface area contributed by atoms with Gasteiger partial charge in [0.15, 0.2) is 0 Å². The lowest BCUT2D eigenvalue weighted by atomic mass is 10.1. The minimum atomic E-state index is -4.01. The van der Waals surface area contributed by atoms with E-state index in [1.165, 1.54) is 30.3 Å². The van der Waals surface area contributed by atoms with Crippen LogP contribution in [0.25, 0.3) is 0 Å². The van der Waals surface area contributed by atoms with E-state index < -0.39 is 20.9 Å². The number of nitrogens with one attached hydrogen (secondary N) is 3. The van der Waals surface area contributed by atoms with E-state index in [1.807, 2.05) is 0 Å². The maximum atomic E-state index is 12.9. The number of rotatable bonds is 7. The van der Waals surface area contributed by atoms with Gasteiger partial charge in [-0.2, -0.15) is 0 Å². The quantitative estimate of drug-likeness (QED) is 0.337. The number of sulfonamides is 1. The Morgan fingerprint density at radius 1 is 1.03 bits per heavy atom. The maximum Gasteiger partial charge on any atom is 0.270 e. The van der Waals surface area contributed by atoms with Crippen LogP contribution in [-0.4, -0.2) is 26.3 Å². The van der Waals surface area contributed by atoms with Crippen molar-refractivity contribution in [3.63, 3.8) is 0 Å². The second-order valence-electron chi connectivity index (χ2n) is 6.76. The summed E-state index contributed by atoms with van der Waals surface area (Å²) in [6, 6.07) is 14.6. The summed E-state index contributed by atoms with van der Waals surface area (Å²) in [7, 11) is -2.43. The van der Waals surface area contributed by atoms with Crippen molar-refractivity contribution in [2.45, 2.75) is 11.8 Å². The highest BCUT2D eigenvalue weighted by Gasteiger charge is 2.21. The second kappa shape index (κ2) is 9.25. The molecular formula is C21H19ClN4O5S. The number of halogens is 1. The predicted molar refractivity (Wildman–Crippen MR) is 124 cm³/mol. The molecule has 166 valence electrons. The number of carbonyl (C=O) groups is 1. The molecule has 1 amide bonds. The summed E-state index contributed by atoms with van der Waals surface area (Å²) in [4.78, 5) is 23.2. The predicted octanol–water partition coefficient (Wildman–Crippen LogP) is 4.65. The second-order valence-corrected chi connectivity index (χ2v) is 8.81. The van der Waals surface area contributed by atoms with Crippen LogP contribution in [-0.2, 0) is 10.0 Å². The molecule has 3 rings (SSSR count). The summed E-state index contributed by atoms with van der Waals surface area (Å²) < 4.78 is 28.3. The molecule has 0 unspecified atom stereocenters. The third kappa shape index (κ3) is 4.98. The third-order valence-corrected chi connectivity index (χ3v) is 6.42. The Kier molecular flexibility index (Phi) is 6.66. The summed E-state index contributed by atoms with van der Waals surface area (Å²) >= 11 is 6.05. The number of benzene rings is 3. The highest BCUT2D eigenvalue weighted by molar-refractivity contribution is 7.92. The Bertz CT molecular complexity index is 1310. The zero-order chi connectivity index (χ0) is 23.5. The van der Waals surface area contributed by atoms with Gasteiger partial charge in [0.1, 0.15) is 0 Å². The number of anilines is 3. The molecule has 3 aromatic carbocycles. The van der Waals surface area contributed by atoms with E-state index in [9.17, 15) is 23.3 Å². The van der Waals surface area contributed by atoms with Crippen LogP contribution in [0.4, 0.5) is 22.7 Å². The molecule has 9 nitrogen and oxygen atoms in total. The van der Waals surface area contributed by atoms with Crippen molar-refractivity contribution >= 4 is 50.3 Å². The van der Waals surface area contributed by atoms with Crippen LogP contribution >= 0.6 is 11.6 Å². The van der Waals surface area contributed by atoms with Crippen molar-refractivity contribution in [2.24, 2.45) is 0 Å². The minimum absolute atomic E-state index is 0.0425. The Hall–Kier alpha value is -3.63. The largest absolute Gasteiger partial charge is 0.387 e. The van der Waals surface area contributed by atoms with Crippen LogP contribution in [0.3, 0.4) is 0 Å². The smallest absolute Gasteiger partial charge is 0.270 e. The SMILES string of the molecule is CNc1ccc([N+](=O)[O-])cc1C(=O)Nc1ccc(C)c(S(=O)(=O)Nc2ccccc2Cl)c1. The van der Waals surface area contributed by atoms with Gasteiger partial charge in [-0.15, -0.1) is 0 Å². The number of hydrogen-bond donors (Lipinski definition) is 3. The zero-order valence-electron chi connectivity index (χ0n) is 17.0. The van der Waals surface area contributed by atoms with Crippen molar-refractivity contribution in [1.82, 2.24) is 0 Å². The van der Waals surface area contributed by atoms with Gasteiger partial charge in [0.25, 0.3) is 21.6 Å². The monoisotopic (exact) mass is 474 g/mol. The molecule has 0 aliphatic rings. The summed E-state index contributed by atoms with van der Waals surface area (Å²) in [5.41, 5.74) is 1.06. The average Bonchev–Trinajstić information content (AvgIpc) is 2.75. The fraction of sp³-hybridized carbons (Fsp3) is 0.0952. The lowest BCUT2D eigenvalue weighted by Gasteiger charge is -2.14. The molecular weight excluding hydrogens is 456 g/mol. The van der Waals surface area contributed by atoms with Crippen LogP contribution in [0.5, 0.6) is 0 Å². The van der Waals surface area contributed by atoms with Crippen LogP contribution in [0, 0.1) is 17.0 Å². The highest BCUT2D eigenvalue weighted by atomic mass is 35.5. The number of aryl methyl sites for hydroxylation is 1. The van der Waals surface area contributed by atoms with Gasteiger partial charge >= 0.3 is 0 Å². The van der Waals surface area contributed by atoms with Crippen molar-refractivity contribution in [1.29, 1.82) is 0 Å². The van der Waals surface area contributed by atoms with E-state index in [0.29, 0.717) is 11.3 Å². The number of para-hydroxylation sites is 1. The Labute approximate surface area is 189 Å². The first-order valence-electron chi connectivity index (χ1n) is 9.28. The number of non-ortho nitro benzene ring substituents is 1. The number of nitro groups is 1. The van der Waals surface area contributed by atoms with Gasteiger partial charge in [-0.1, -0.05) is 29.8 Å². The van der Waals surface area contributed by atoms with Gasteiger partial charge in [-0.25, -0.2) is 8.42 Å². The Morgan fingerprint density at radius 2 is 1.75 bits per heavy atom. The van der Waals surface area contributed by atoms with Gasteiger partial charge in [-0.3, -0.25) is 19.6 Å². The number of nitrogens with zero attached hydrogens (tertiary/aromatic N) is 1. The summed E-state index contributed by atoms with van der Waals surface area (Å²) in [6.45, 7) is 1.62. The Morgan fingerprint density at radius 3 is 2.41 bits per heavy atom. The average molecular weight is 475 g/mol. The molecule has 32 heavy (non-hydrogen) atoms. The van der Waals surface area contributed by atoms with Gasteiger partial charge in [0, 0.05) is 30.6 Å². The highest BCUT2D eigenvalue weighted by Crippen LogP contribution is 2.28. The Balaban J connectivity index is 1.93. The molecule has 0 saturated heterocycles. The molecule has 3 N–H and O–H groups in total. The normalized spacial score (nSPS) is 11.0. The van der Waals surface area contributed by atoms with Crippen LogP contribution < -0.4 is 15.4 Å². The minimum Gasteiger partial charge on any atom is -0.387 e. The lowest BCUT2D eigenvalue weighted by Crippen LogP contribution is -2.17. The number of amides is 1. The molecule has 3 aromatic rings. The summed E-state index contributed by atoms with van der Waals surface area (Å²) in [6.07, 6.45) is 0. The lowest BCUT2D eigenvalue weighted by molar-refractivity contribution is -0.384. The van der Waals surface area contributed by atoms with E-state index in [0.717, 1.165) is 6.07 Å². The van der Waals surface area contributed by atoms with Crippen LogP contribution in [0.15, 0.2) is 65.6 Å². The van der Waals surface area contributed by atoms with Crippen molar-refractivity contribution in [3.8, 4) is 0 Å². The van der Waals surface area contributed by atoms with E-state index in [2.05, 4.69) is 15.4 Å². The topological polar surface area (TPSA) is 130 Å². The maximum absolute atomic E-state index is 12.9. The van der Waals surface area contributed by atoms with Gasteiger partial charge in [-0.05, 0) is 42.8 Å². The molecule has 0 aliphatic carbocycles. The van der Waals surface area contributed by atoms with Crippen molar-refractivity contribution in [2.75, 3.05) is 22.4 Å². The van der Waals surface area contributed by atoms with Crippen LogP contribution in [0.2, 0.25) is 5.02 Å². The molecule has 0 heterocycles. The molecule has 11 heteroatoms. The number of nitro benzene ring substituents is 1. The van der Waals surface area contributed by atoms with E-state index in [1.54, 1.807) is 38.2 Å². The molecule has 0 bridgehead atoms. The van der Waals surface area contributed by atoms with Crippen LogP contribution in [0.1, 0.15) is 15.9 Å². The molecule has 0 atom stereocenters. The standard InChI is InChI=1S/C21H19ClN4O5S/c1-13-7-8-14(11-20(13)32(30,31)25-19-6-4-3-5-17(19)22)24-21(27)16-12-15(26(28)29)9-10-18(16)23-2/h3-12,23,25H,1-2H3,(H,24,27). The zero-order valence-corrected chi connectivity index (χ0v) is 18.6. The van der Waals surface area contributed by atoms with E-state index in [-0.39, 0.29) is 32.5 Å². The first-order chi connectivity index (χ1) is 15.1. The summed E-state index contributed by atoms with van der Waals surface area (Å²) in [5.74, 6) is -0.635. The number of hydrogen-bond acceptors (Lipinski definition) is 6. The number of carbonyl (C=O) groups excluding carboxylic acids is 1. The molecule has 0 fully saturated rings. The van der Waals surface area contributed by atoms with E-state index >= 15 is 0 Å². The molecule has 0 spiro atoms. The van der Waals surface area contributed by atoms with Gasteiger partial charge in [0.05, 0.1) is 26.1 Å². The fourth-order valence-corrected chi connectivity index (χ4v) is 4.55. The molecule has 0 radical (unpaired) electrons. The van der Waals surface area contributed by atoms with Crippen molar-refractivity contribution < 1.29 is 18.1 Å². The van der Waals surface area contributed by atoms with Gasteiger partial charge in [0.2, 0.25) is 0 Å². The van der Waals surface area contributed by atoms with E-state index in [4.69, 9.17) is 11.6 Å². The first-order valence-corrected chi connectivity index (χ1v) is 11.1. The van der Waals surface area contributed by atoms with Crippen molar-refractivity contribution in [3.05, 3.63) is 86.9 Å². The van der Waals surface area contributed by atoms with Gasteiger partial charge < -0.3 is 10.6 Å².